The SMILES string of the molecule is CNC(c1cc(C)c(Br)cc1C)C1C2CCCCC21. The van der Waals surface area contributed by atoms with Crippen LogP contribution in [0.3, 0.4) is 0 Å². The van der Waals surface area contributed by atoms with Crippen LogP contribution in [-0.4, -0.2) is 7.05 Å². The fourth-order valence-electron chi connectivity index (χ4n) is 4.24. The van der Waals surface area contributed by atoms with Crippen LogP contribution in [0.1, 0.15) is 48.4 Å². The molecule has 0 spiro atoms. The molecule has 3 rings (SSSR count). The first-order valence-corrected chi connectivity index (χ1v) is 8.36. The first-order valence-electron chi connectivity index (χ1n) is 7.57. The molecule has 2 aliphatic rings. The molecule has 2 saturated carbocycles. The van der Waals surface area contributed by atoms with Gasteiger partial charge in [-0.15, -0.1) is 0 Å². The molecule has 0 aliphatic heterocycles. The Hall–Kier alpha value is -0.340. The zero-order valence-corrected chi connectivity index (χ0v) is 13.8. The lowest BCUT2D eigenvalue weighted by Gasteiger charge is -2.21. The smallest absolute Gasteiger partial charge is 0.0354 e. The van der Waals surface area contributed by atoms with Gasteiger partial charge in [-0.25, -0.2) is 0 Å². The van der Waals surface area contributed by atoms with E-state index in [1.54, 1.807) is 0 Å². The quantitative estimate of drug-likeness (QED) is 0.846. The van der Waals surface area contributed by atoms with Crippen molar-refractivity contribution in [3.05, 3.63) is 33.3 Å². The lowest BCUT2D eigenvalue weighted by Crippen LogP contribution is -2.21. The van der Waals surface area contributed by atoms with Crippen LogP contribution in [0.5, 0.6) is 0 Å². The Morgan fingerprint density at radius 2 is 1.74 bits per heavy atom. The van der Waals surface area contributed by atoms with E-state index < -0.39 is 0 Å². The molecule has 3 unspecified atom stereocenters. The first-order chi connectivity index (χ1) is 9.13. The Balaban J connectivity index is 1.89. The van der Waals surface area contributed by atoms with Gasteiger partial charge in [-0.05, 0) is 74.2 Å². The molecule has 104 valence electrons. The van der Waals surface area contributed by atoms with E-state index >= 15 is 0 Å². The zero-order chi connectivity index (χ0) is 13.6. The van der Waals surface area contributed by atoms with Gasteiger partial charge in [0.15, 0.2) is 0 Å². The van der Waals surface area contributed by atoms with Crippen molar-refractivity contribution >= 4 is 15.9 Å². The average Bonchev–Trinajstić information content (AvgIpc) is 3.11. The van der Waals surface area contributed by atoms with Crippen molar-refractivity contribution in [3.63, 3.8) is 0 Å². The van der Waals surface area contributed by atoms with Crippen LogP contribution in [0.15, 0.2) is 16.6 Å². The van der Waals surface area contributed by atoms with Crippen molar-refractivity contribution in [3.8, 4) is 0 Å². The van der Waals surface area contributed by atoms with Gasteiger partial charge in [0.1, 0.15) is 0 Å². The number of hydrogen-bond acceptors (Lipinski definition) is 1. The predicted molar refractivity (Wildman–Crippen MR) is 84.4 cm³/mol. The van der Waals surface area contributed by atoms with Crippen molar-refractivity contribution in [2.75, 3.05) is 7.05 Å². The van der Waals surface area contributed by atoms with Gasteiger partial charge in [0.05, 0.1) is 0 Å². The molecule has 0 saturated heterocycles. The van der Waals surface area contributed by atoms with E-state index in [-0.39, 0.29) is 0 Å². The molecule has 0 radical (unpaired) electrons. The highest BCUT2D eigenvalue weighted by atomic mass is 79.9. The van der Waals surface area contributed by atoms with Crippen LogP contribution in [0, 0.1) is 31.6 Å². The maximum atomic E-state index is 3.64. The van der Waals surface area contributed by atoms with Crippen LogP contribution in [0.25, 0.3) is 0 Å². The molecule has 1 nitrogen and oxygen atoms in total. The largest absolute Gasteiger partial charge is 0.313 e. The summed E-state index contributed by atoms with van der Waals surface area (Å²) in [5, 5.41) is 3.61. The van der Waals surface area contributed by atoms with Gasteiger partial charge in [-0.1, -0.05) is 34.8 Å². The van der Waals surface area contributed by atoms with Crippen LogP contribution in [0.2, 0.25) is 0 Å². The van der Waals surface area contributed by atoms with Gasteiger partial charge >= 0.3 is 0 Å². The monoisotopic (exact) mass is 321 g/mol. The molecular formula is C17H24BrN. The highest BCUT2D eigenvalue weighted by molar-refractivity contribution is 9.10. The van der Waals surface area contributed by atoms with Crippen LogP contribution in [0.4, 0.5) is 0 Å². The number of fused-ring (bicyclic) bond motifs is 1. The highest BCUT2D eigenvalue weighted by Crippen LogP contribution is 2.60. The van der Waals surface area contributed by atoms with Crippen LogP contribution in [-0.2, 0) is 0 Å². The lowest BCUT2D eigenvalue weighted by molar-refractivity contribution is 0.479. The Labute approximate surface area is 125 Å². The normalized spacial score (nSPS) is 30.8. The number of halogens is 1. The molecule has 2 heteroatoms. The van der Waals surface area contributed by atoms with Crippen molar-refractivity contribution in [2.24, 2.45) is 17.8 Å². The van der Waals surface area contributed by atoms with Crippen molar-refractivity contribution in [2.45, 2.75) is 45.6 Å². The fraction of sp³-hybridized carbons (Fsp3) is 0.647. The Morgan fingerprint density at radius 3 is 2.32 bits per heavy atom. The van der Waals surface area contributed by atoms with Crippen LogP contribution >= 0.6 is 15.9 Å². The topological polar surface area (TPSA) is 12.0 Å². The summed E-state index contributed by atoms with van der Waals surface area (Å²) in [5.74, 6) is 2.87. The summed E-state index contributed by atoms with van der Waals surface area (Å²) in [7, 11) is 2.13. The van der Waals surface area contributed by atoms with E-state index in [1.807, 2.05) is 0 Å². The van der Waals surface area contributed by atoms with Crippen molar-refractivity contribution in [1.82, 2.24) is 5.32 Å². The van der Waals surface area contributed by atoms with Gasteiger partial charge < -0.3 is 5.32 Å². The summed E-state index contributed by atoms with van der Waals surface area (Å²) in [6, 6.07) is 5.21. The number of hydrogen-bond donors (Lipinski definition) is 1. The van der Waals surface area contributed by atoms with Gasteiger partial charge in [0.25, 0.3) is 0 Å². The minimum absolute atomic E-state index is 0.555. The summed E-state index contributed by atoms with van der Waals surface area (Å²) in [6.45, 7) is 4.44. The maximum absolute atomic E-state index is 3.64. The molecule has 2 aliphatic carbocycles. The summed E-state index contributed by atoms with van der Waals surface area (Å²) in [5.41, 5.74) is 4.28. The van der Waals surface area contributed by atoms with Crippen molar-refractivity contribution < 1.29 is 0 Å². The van der Waals surface area contributed by atoms with Crippen molar-refractivity contribution in [1.29, 1.82) is 0 Å². The summed E-state index contributed by atoms with van der Waals surface area (Å²) < 4.78 is 1.23. The van der Waals surface area contributed by atoms with E-state index in [2.05, 4.69) is 54.3 Å². The van der Waals surface area contributed by atoms with E-state index in [0.29, 0.717) is 6.04 Å². The number of benzene rings is 1. The number of rotatable bonds is 3. The Kier molecular flexibility index (Phi) is 3.74. The predicted octanol–water partition coefficient (Wildman–Crippen LogP) is 4.76. The number of nitrogens with one attached hydrogen (secondary N) is 1. The van der Waals surface area contributed by atoms with Crippen LogP contribution < -0.4 is 5.32 Å². The minimum atomic E-state index is 0.555. The standard InChI is InChI=1S/C17H24BrN/c1-10-9-15(18)11(2)8-14(10)17(19-3)16-12-6-4-5-7-13(12)16/h8-9,12-13,16-17,19H,4-7H2,1-3H3. The first kappa shape index (κ1) is 13.6. The molecule has 0 bridgehead atoms. The number of aryl methyl sites for hydroxylation is 2. The molecule has 3 atom stereocenters. The third kappa shape index (κ3) is 2.38. The zero-order valence-electron chi connectivity index (χ0n) is 12.2. The molecule has 1 N–H and O–H groups in total. The maximum Gasteiger partial charge on any atom is 0.0354 e. The molecule has 19 heavy (non-hydrogen) atoms. The van der Waals surface area contributed by atoms with Gasteiger partial charge in [-0.3, -0.25) is 0 Å². The third-order valence-corrected chi connectivity index (χ3v) is 6.16. The Morgan fingerprint density at radius 1 is 1.11 bits per heavy atom. The molecule has 0 aromatic heterocycles. The van der Waals surface area contributed by atoms with E-state index in [4.69, 9.17) is 0 Å². The molecule has 1 aromatic carbocycles. The van der Waals surface area contributed by atoms with E-state index in [0.717, 1.165) is 17.8 Å². The summed E-state index contributed by atoms with van der Waals surface area (Å²) in [4.78, 5) is 0. The third-order valence-electron chi connectivity index (χ3n) is 5.30. The second kappa shape index (κ2) is 5.21. The van der Waals surface area contributed by atoms with E-state index in [9.17, 15) is 0 Å². The summed E-state index contributed by atoms with van der Waals surface area (Å²) >= 11 is 3.64. The second-order valence-electron chi connectivity index (χ2n) is 6.41. The average molecular weight is 322 g/mol. The van der Waals surface area contributed by atoms with Gasteiger partial charge in [0.2, 0.25) is 0 Å². The summed E-state index contributed by atoms with van der Waals surface area (Å²) in [6.07, 6.45) is 5.82. The molecule has 0 heterocycles. The van der Waals surface area contributed by atoms with Gasteiger partial charge in [-0.2, -0.15) is 0 Å². The molecule has 0 amide bonds. The Bertz CT molecular complexity index is 470. The fourth-order valence-corrected chi connectivity index (χ4v) is 4.69. The minimum Gasteiger partial charge on any atom is -0.313 e. The second-order valence-corrected chi connectivity index (χ2v) is 7.27. The van der Waals surface area contributed by atoms with Gasteiger partial charge in [0, 0.05) is 10.5 Å². The molecule has 2 fully saturated rings. The lowest BCUT2D eigenvalue weighted by atomic mass is 9.94. The molecular weight excluding hydrogens is 298 g/mol. The molecule has 1 aromatic rings. The highest BCUT2D eigenvalue weighted by Gasteiger charge is 2.54. The van der Waals surface area contributed by atoms with E-state index in [1.165, 1.54) is 46.8 Å².